The summed E-state index contributed by atoms with van der Waals surface area (Å²) < 4.78 is 14.8. The number of carbonyl (C=O) groups excluding carboxylic acids is 1. The Kier molecular flexibility index (Phi) is 2.37. The molecule has 1 aromatic carbocycles. The van der Waals surface area contributed by atoms with Crippen LogP contribution in [0.1, 0.15) is 5.56 Å². The molecular weight excluding hydrogens is 197 g/mol. The predicted octanol–water partition coefficient (Wildman–Crippen LogP) is 0.958. The van der Waals surface area contributed by atoms with Gasteiger partial charge in [-0.05, 0) is 17.7 Å². The van der Waals surface area contributed by atoms with Crippen LogP contribution in [-0.4, -0.2) is 16.2 Å². The second kappa shape index (κ2) is 3.68. The molecule has 0 atom stereocenters. The van der Waals surface area contributed by atoms with Gasteiger partial charge >= 0.3 is 0 Å². The summed E-state index contributed by atoms with van der Waals surface area (Å²) in [5.74, 6) is -0.486. The first-order valence-corrected chi connectivity index (χ1v) is 4.50. The molecule has 0 saturated carbocycles. The maximum atomic E-state index is 13.3. The second-order valence-corrected chi connectivity index (χ2v) is 3.26. The van der Waals surface area contributed by atoms with Crippen LogP contribution in [0, 0.1) is 5.95 Å². The van der Waals surface area contributed by atoms with Gasteiger partial charge in [-0.2, -0.15) is 4.39 Å². The van der Waals surface area contributed by atoms with Crippen molar-refractivity contribution in [1.82, 2.24) is 15.1 Å². The van der Waals surface area contributed by atoms with Crippen LogP contribution in [0.4, 0.5) is 4.39 Å². The van der Waals surface area contributed by atoms with Crippen molar-refractivity contribution in [2.24, 2.45) is 7.05 Å². The van der Waals surface area contributed by atoms with Crippen LogP contribution in [0.25, 0.3) is 10.9 Å². The van der Waals surface area contributed by atoms with Crippen molar-refractivity contribution in [2.75, 3.05) is 0 Å². The zero-order valence-electron chi connectivity index (χ0n) is 8.20. The van der Waals surface area contributed by atoms with Gasteiger partial charge in [0.15, 0.2) is 0 Å². The van der Waals surface area contributed by atoms with Crippen LogP contribution in [0.3, 0.4) is 0 Å². The van der Waals surface area contributed by atoms with Crippen molar-refractivity contribution in [3.05, 3.63) is 29.7 Å². The van der Waals surface area contributed by atoms with Gasteiger partial charge in [0.2, 0.25) is 12.4 Å². The summed E-state index contributed by atoms with van der Waals surface area (Å²) in [5.41, 5.74) is 1.59. The Morgan fingerprint density at radius 2 is 2.40 bits per heavy atom. The fraction of sp³-hybridized carbons (Fsp3) is 0.200. The Balaban J connectivity index is 2.45. The minimum absolute atomic E-state index is 0.397. The lowest BCUT2D eigenvalue weighted by atomic mass is 10.1. The Morgan fingerprint density at radius 1 is 1.60 bits per heavy atom. The van der Waals surface area contributed by atoms with Crippen LogP contribution >= 0.6 is 0 Å². The van der Waals surface area contributed by atoms with Crippen LogP contribution < -0.4 is 5.32 Å². The number of halogens is 1. The summed E-state index contributed by atoms with van der Waals surface area (Å²) in [6, 6.07) is 5.31. The van der Waals surface area contributed by atoms with E-state index in [0.29, 0.717) is 18.3 Å². The van der Waals surface area contributed by atoms with Crippen molar-refractivity contribution >= 4 is 17.3 Å². The molecule has 2 aromatic rings. The van der Waals surface area contributed by atoms with E-state index in [0.717, 1.165) is 11.1 Å². The van der Waals surface area contributed by atoms with Crippen LogP contribution in [0.5, 0.6) is 0 Å². The molecule has 0 unspecified atom stereocenters. The molecule has 78 valence electrons. The number of carbonyl (C=O) groups is 1. The number of amides is 1. The zero-order valence-corrected chi connectivity index (χ0v) is 8.20. The van der Waals surface area contributed by atoms with Crippen molar-refractivity contribution < 1.29 is 9.18 Å². The number of fused-ring (bicyclic) bond motifs is 1. The number of rotatable bonds is 3. The second-order valence-electron chi connectivity index (χ2n) is 3.26. The number of hydrogen-bond donors (Lipinski definition) is 1. The van der Waals surface area contributed by atoms with E-state index in [9.17, 15) is 9.18 Å². The molecule has 0 spiro atoms. The third kappa shape index (κ3) is 1.68. The molecule has 0 bridgehead atoms. The molecule has 0 saturated heterocycles. The lowest BCUT2D eigenvalue weighted by Gasteiger charge is -2.00. The third-order valence-electron chi connectivity index (χ3n) is 2.26. The maximum Gasteiger partial charge on any atom is 0.240 e. The van der Waals surface area contributed by atoms with Gasteiger partial charge in [-0.1, -0.05) is 6.07 Å². The van der Waals surface area contributed by atoms with E-state index in [1.54, 1.807) is 19.2 Å². The number of aryl methyl sites for hydroxylation is 1. The highest BCUT2D eigenvalue weighted by Gasteiger charge is 2.07. The number of hydrogen-bond acceptors (Lipinski definition) is 2. The Bertz CT molecular complexity index is 507. The fourth-order valence-corrected chi connectivity index (χ4v) is 1.54. The highest BCUT2D eigenvalue weighted by atomic mass is 19.1. The lowest BCUT2D eigenvalue weighted by molar-refractivity contribution is -0.109. The van der Waals surface area contributed by atoms with Gasteiger partial charge in [0.1, 0.15) is 0 Å². The largest absolute Gasteiger partial charge is 0.355 e. The quantitative estimate of drug-likeness (QED) is 0.762. The zero-order chi connectivity index (χ0) is 10.8. The third-order valence-corrected chi connectivity index (χ3v) is 2.26. The molecule has 0 radical (unpaired) electrons. The molecule has 15 heavy (non-hydrogen) atoms. The van der Waals surface area contributed by atoms with Crippen molar-refractivity contribution in [2.45, 2.75) is 6.54 Å². The number of aromatic nitrogens is 2. The van der Waals surface area contributed by atoms with E-state index in [-0.39, 0.29) is 0 Å². The van der Waals surface area contributed by atoms with Gasteiger partial charge in [0.05, 0.1) is 10.9 Å². The minimum atomic E-state index is -0.486. The van der Waals surface area contributed by atoms with Crippen LogP contribution in [0.2, 0.25) is 0 Å². The van der Waals surface area contributed by atoms with Gasteiger partial charge in [0.25, 0.3) is 0 Å². The standard InChI is InChI=1S/C10H10FN3O/c1-14-9-3-2-7(5-12-6-15)4-8(9)10(11)13-14/h2-4,6H,5H2,1H3,(H,12,15). The molecule has 0 fully saturated rings. The van der Waals surface area contributed by atoms with E-state index in [1.165, 1.54) is 4.68 Å². The highest BCUT2D eigenvalue weighted by molar-refractivity contribution is 5.80. The number of nitrogens with zero attached hydrogens (tertiary/aromatic N) is 2. The topological polar surface area (TPSA) is 46.9 Å². The average Bonchev–Trinajstić information content (AvgIpc) is 2.52. The molecule has 1 N–H and O–H groups in total. The Morgan fingerprint density at radius 3 is 3.13 bits per heavy atom. The maximum absolute atomic E-state index is 13.3. The molecule has 0 aliphatic carbocycles. The molecule has 1 amide bonds. The van der Waals surface area contributed by atoms with Crippen molar-refractivity contribution in [3.63, 3.8) is 0 Å². The highest BCUT2D eigenvalue weighted by Crippen LogP contribution is 2.18. The SMILES string of the molecule is Cn1nc(F)c2cc(CNC=O)ccc21. The van der Waals surface area contributed by atoms with E-state index < -0.39 is 5.95 Å². The number of benzene rings is 1. The van der Waals surface area contributed by atoms with Crippen molar-refractivity contribution in [3.8, 4) is 0 Å². The van der Waals surface area contributed by atoms with Crippen LogP contribution in [0.15, 0.2) is 18.2 Å². The van der Waals surface area contributed by atoms with Crippen LogP contribution in [-0.2, 0) is 18.4 Å². The van der Waals surface area contributed by atoms with E-state index >= 15 is 0 Å². The molecule has 0 aliphatic heterocycles. The molecule has 4 nitrogen and oxygen atoms in total. The minimum Gasteiger partial charge on any atom is -0.355 e. The average molecular weight is 207 g/mol. The Labute approximate surface area is 85.7 Å². The van der Waals surface area contributed by atoms with Gasteiger partial charge in [-0.15, -0.1) is 5.10 Å². The summed E-state index contributed by atoms with van der Waals surface area (Å²) >= 11 is 0. The normalized spacial score (nSPS) is 10.5. The first-order valence-electron chi connectivity index (χ1n) is 4.50. The molecule has 2 rings (SSSR count). The van der Waals surface area contributed by atoms with Gasteiger partial charge in [-0.3, -0.25) is 9.48 Å². The van der Waals surface area contributed by atoms with Gasteiger partial charge in [-0.25, -0.2) is 0 Å². The monoisotopic (exact) mass is 207 g/mol. The molecule has 5 heteroatoms. The first kappa shape index (κ1) is 9.64. The summed E-state index contributed by atoms with van der Waals surface area (Å²) in [7, 11) is 1.69. The summed E-state index contributed by atoms with van der Waals surface area (Å²) in [5, 5.41) is 6.67. The van der Waals surface area contributed by atoms with E-state index in [4.69, 9.17) is 0 Å². The fourth-order valence-electron chi connectivity index (χ4n) is 1.54. The van der Waals surface area contributed by atoms with E-state index in [1.807, 2.05) is 6.07 Å². The summed E-state index contributed by atoms with van der Waals surface area (Å²) in [6.45, 7) is 0.397. The smallest absolute Gasteiger partial charge is 0.240 e. The molecular formula is C10H10FN3O. The summed E-state index contributed by atoms with van der Waals surface area (Å²) in [4.78, 5) is 10.1. The Hall–Kier alpha value is -1.91. The summed E-state index contributed by atoms with van der Waals surface area (Å²) in [6.07, 6.45) is 0.615. The van der Waals surface area contributed by atoms with Gasteiger partial charge < -0.3 is 5.32 Å². The lowest BCUT2D eigenvalue weighted by Crippen LogP contribution is -2.09. The van der Waals surface area contributed by atoms with E-state index in [2.05, 4.69) is 10.4 Å². The van der Waals surface area contributed by atoms with Crippen molar-refractivity contribution in [1.29, 1.82) is 0 Å². The molecule has 1 heterocycles. The first-order chi connectivity index (χ1) is 7.22. The molecule has 1 aromatic heterocycles. The molecule has 0 aliphatic rings. The van der Waals surface area contributed by atoms with Gasteiger partial charge in [0, 0.05) is 13.6 Å². The number of nitrogens with one attached hydrogen (secondary N) is 1. The predicted molar refractivity (Wildman–Crippen MR) is 53.6 cm³/mol.